The van der Waals surface area contributed by atoms with E-state index in [0.717, 1.165) is 4.47 Å². The molecule has 104 valence electrons. The number of nitrogens with one attached hydrogen (secondary N) is 1. The minimum atomic E-state index is -3.69. The lowest BCUT2D eigenvalue weighted by Crippen LogP contribution is -2.18. The van der Waals surface area contributed by atoms with Gasteiger partial charge in [0.1, 0.15) is 5.75 Å². The van der Waals surface area contributed by atoms with Crippen molar-refractivity contribution in [2.75, 3.05) is 0 Å². The highest BCUT2D eigenvalue weighted by Crippen LogP contribution is 2.14. The molecule has 0 atom stereocenters. The number of hydrazone groups is 1. The standard InChI is InChI=1S/C13H11BrN2O3S/c14-11-4-6-13(7-5-11)20(18,19)16-15-9-10-2-1-3-12(17)8-10/h1-9,16-17H/b15-9+. The summed E-state index contributed by atoms with van der Waals surface area (Å²) in [6, 6.07) is 12.5. The number of phenolic OH excluding ortho intramolecular Hbond substituents is 1. The van der Waals surface area contributed by atoms with Crippen molar-refractivity contribution >= 4 is 32.2 Å². The number of sulfonamides is 1. The van der Waals surface area contributed by atoms with Gasteiger partial charge in [-0.05, 0) is 42.0 Å². The maximum atomic E-state index is 11.9. The number of aromatic hydroxyl groups is 1. The maximum absolute atomic E-state index is 11.9. The molecule has 0 aliphatic heterocycles. The lowest BCUT2D eigenvalue weighted by Gasteiger charge is -2.03. The lowest BCUT2D eigenvalue weighted by atomic mass is 10.2. The molecule has 0 saturated heterocycles. The SMILES string of the molecule is O=S(=O)(N/N=C/c1cccc(O)c1)c1ccc(Br)cc1. The highest BCUT2D eigenvalue weighted by molar-refractivity contribution is 9.10. The number of nitrogens with zero attached hydrogens (tertiary/aromatic N) is 1. The van der Waals surface area contributed by atoms with Gasteiger partial charge < -0.3 is 5.11 Å². The summed E-state index contributed by atoms with van der Waals surface area (Å²) in [7, 11) is -3.69. The summed E-state index contributed by atoms with van der Waals surface area (Å²) in [6.45, 7) is 0. The van der Waals surface area contributed by atoms with Crippen LogP contribution in [0.15, 0.2) is 63.0 Å². The van der Waals surface area contributed by atoms with E-state index in [-0.39, 0.29) is 10.6 Å². The smallest absolute Gasteiger partial charge is 0.276 e. The van der Waals surface area contributed by atoms with E-state index >= 15 is 0 Å². The van der Waals surface area contributed by atoms with Crippen molar-refractivity contribution < 1.29 is 13.5 Å². The third kappa shape index (κ3) is 3.82. The molecule has 2 aromatic carbocycles. The van der Waals surface area contributed by atoms with Crippen molar-refractivity contribution in [3.05, 3.63) is 58.6 Å². The van der Waals surface area contributed by atoms with Crippen molar-refractivity contribution in [3.8, 4) is 5.75 Å². The Balaban J connectivity index is 2.11. The maximum Gasteiger partial charge on any atom is 0.276 e. The number of rotatable bonds is 4. The van der Waals surface area contributed by atoms with E-state index in [1.54, 1.807) is 24.3 Å². The molecule has 5 nitrogen and oxygen atoms in total. The fourth-order valence-corrected chi connectivity index (χ4v) is 2.50. The molecule has 0 aromatic heterocycles. The van der Waals surface area contributed by atoms with Gasteiger partial charge in [-0.2, -0.15) is 13.5 Å². The average Bonchev–Trinajstić information content (AvgIpc) is 2.39. The van der Waals surface area contributed by atoms with Gasteiger partial charge in [0.2, 0.25) is 0 Å². The van der Waals surface area contributed by atoms with Crippen LogP contribution in [0.25, 0.3) is 0 Å². The van der Waals surface area contributed by atoms with Gasteiger partial charge in [0, 0.05) is 4.47 Å². The van der Waals surface area contributed by atoms with Gasteiger partial charge in [0.25, 0.3) is 10.0 Å². The molecule has 0 heterocycles. The van der Waals surface area contributed by atoms with Crippen LogP contribution in [0.2, 0.25) is 0 Å². The van der Waals surface area contributed by atoms with Crippen molar-refractivity contribution in [3.63, 3.8) is 0 Å². The van der Waals surface area contributed by atoms with Crippen LogP contribution in [0.1, 0.15) is 5.56 Å². The Morgan fingerprint density at radius 3 is 2.50 bits per heavy atom. The molecule has 2 aromatic rings. The van der Waals surface area contributed by atoms with Crippen LogP contribution >= 0.6 is 15.9 Å². The zero-order chi connectivity index (χ0) is 14.6. The van der Waals surface area contributed by atoms with E-state index in [1.807, 2.05) is 0 Å². The lowest BCUT2D eigenvalue weighted by molar-refractivity contribution is 0.475. The molecule has 0 radical (unpaired) electrons. The largest absolute Gasteiger partial charge is 0.508 e. The van der Waals surface area contributed by atoms with Gasteiger partial charge in [-0.25, -0.2) is 4.83 Å². The Hall–Kier alpha value is -1.86. The fraction of sp³-hybridized carbons (Fsp3) is 0. The monoisotopic (exact) mass is 354 g/mol. The number of hydrogen-bond acceptors (Lipinski definition) is 4. The molecule has 0 aliphatic rings. The van der Waals surface area contributed by atoms with Crippen LogP contribution in [0.4, 0.5) is 0 Å². The number of benzene rings is 2. The third-order valence-corrected chi connectivity index (χ3v) is 4.15. The van der Waals surface area contributed by atoms with E-state index in [1.165, 1.54) is 30.5 Å². The molecule has 2 rings (SSSR count). The van der Waals surface area contributed by atoms with Crippen LogP contribution in [-0.4, -0.2) is 19.7 Å². The summed E-state index contributed by atoms with van der Waals surface area (Å²) in [6.07, 6.45) is 1.32. The Kier molecular flexibility index (Phi) is 4.41. The summed E-state index contributed by atoms with van der Waals surface area (Å²) >= 11 is 3.23. The van der Waals surface area contributed by atoms with Gasteiger partial charge in [0.05, 0.1) is 11.1 Å². The second-order valence-electron chi connectivity index (χ2n) is 3.90. The summed E-state index contributed by atoms with van der Waals surface area (Å²) in [5.41, 5.74) is 0.587. The van der Waals surface area contributed by atoms with Crippen molar-refractivity contribution in [1.82, 2.24) is 4.83 Å². The van der Waals surface area contributed by atoms with E-state index < -0.39 is 10.0 Å². The predicted molar refractivity (Wildman–Crippen MR) is 80.2 cm³/mol. The van der Waals surface area contributed by atoms with Gasteiger partial charge in [-0.3, -0.25) is 0 Å². The molecule has 7 heteroatoms. The fourth-order valence-electron chi connectivity index (χ4n) is 1.44. The molecule has 2 N–H and O–H groups in total. The van der Waals surface area contributed by atoms with Crippen LogP contribution < -0.4 is 4.83 Å². The topological polar surface area (TPSA) is 78.8 Å². The van der Waals surface area contributed by atoms with Crippen molar-refractivity contribution in [2.45, 2.75) is 4.90 Å². The van der Waals surface area contributed by atoms with Crippen molar-refractivity contribution in [2.24, 2.45) is 5.10 Å². The van der Waals surface area contributed by atoms with Gasteiger partial charge in [0.15, 0.2) is 0 Å². The first kappa shape index (κ1) is 14.5. The summed E-state index contributed by atoms with van der Waals surface area (Å²) in [4.78, 5) is 2.23. The zero-order valence-corrected chi connectivity index (χ0v) is 12.6. The van der Waals surface area contributed by atoms with Crippen LogP contribution in [-0.2, 0) is 10.0 Å². The molecule has 0 unspecified atom stereocenters. The van der Waals surface area contributed by atoms with Crippen LogP contribution in [0, 0.1) is 0 Å². The Labute approximate surface area is 125 Å². The molecule has 0 spiro atoms. The molecule has 0 fully saturated rings. The Bertz CT molecular complexity index is 728. The molecule has 20 heavy (non-hydrogen) atoms. The molecular formula is C13H11BrN2O3S. The average molecular weight is 355 g/mol. The number of phenols is 1. The molecule has 0 amide bonds. The zero-order valence-electron chi connectivity index (χ0n) is 10.2. The van der Waals surface area contributed by atoms with E-state index in [4.69, 9.17) is 0 Å². The second kappa shape index (κ2) is 6.06. The Morgan fingerprint density at radius 1 is 1.15 bits per heavy atom. The first-order valence-electron chi connectivity index (χ1n) is 5.57. The number of hydrogen-bond donors (Lipinski definition) is 2. The first-order chi connectivity index (χ1) is 9.47. The molecule has 0 bridgehead atoms. The molecular weight excluding hydrogens is 344 g/mol. The Morgan fingerprint density at radius 2 is 1.85 bits per heavy atom. The highest BCUT2D eigenvalue weighted by Gasteiger charge is 2.11. The highest BCUT2D eigenvalue weighted by atomic mass is 79.9. The molecule has 0 saturated carbocycles. The van der Waals surface area contributed by atoms with Crippen molar-refractivity contribution in [1.29, 1.82) is 0 Å². The summed E-state index contributed by atoms with van der Waals surface area (Å²) < 4.78 is 24.6. The summed E-state index contributed by atoms with van der Waals surface area (Å²) in [5, 5.41) is 12.9. The molecule has 0 aliphatic carbocycles. The van der Waals surface area contributed by atoms with E-state index in [2.05, 4.69) is 25.9 Å². The number of halogens is 1. The third-order valence-electron chi connectivity index (χ3n) is 2.38. The van der Waals surface area contributed by atoms with Gasteiger partial charge in [-0.1, -0.05) is 28.1 Å². The normalized spacial score (nSPS) is 11.7. The van der Waals surface area contributed by atoms with Gasteiger partial charge >= 0.3 is 0 Å². The minimum absolute atomic E-state index is 0.0877. The van der Waals surface area contributed by atoms with E-state index in [0.29, 0.717) is 5.56 Å². The van der Waals surface area contributed by atoms with Crippen LogP contribution in [0.5, 0.6) is 5.75 Å². The van der Waals surface area contributed by atoms with Crippen LogP contribution in [0.3, 0.4) is 0 Å². The second-order valence-corrected chi connectivity index (χ2v) is 6.48. The predicted octanol–water partition coefficient (Wildman–Crippen LogP) is 2.47. The quantitative estimate of drug-likeness (QED) is 0.653. The summed E-state index contributed by atoms with van der Waals surface area (Å²) in [5.74, 6) is 0.0877. The first-order valence-corrected chi connectivity index (χ1v) is 7.84. The van der Waals surface area contributed by atoms with Gasteiger partial charge in [-0.15, -0.1) is 0 Å². The van der Waals surface area contributed by atoms with E-state index in [9.17, 15) is 13.5 Å². The minimum Gasteiger partial charge on any atom is -0.508 e.